The van der Waals surface area contributed by atoms with Crippen LogP contribution in [0.2, 0.25) is 0 Å². The molecule has 140 valence electrons. The first-order valence-electron chi connectivity index (χ1n) is 9.12. The lowest BCUT2D eigenvalue weighted by atomic mass is 10.2. The van der Waals surface area contributed by atoms with Crippen molar-refractivity contribution < 1.29 is 14.3 Å². The minimum absolute atomic E-state index is 0.0105. The summed E-state index contributed by atoms with van der Waals surface area (Å²) in [4.78, 5) is 15.9. The molecule has 2 aromatic rings. The highest BCUT2D eigenvalue weighted by Crippen LogP contribution is 2.18. The summed E-state index contributed by atoms with van der Waals surface area (Å²) in [5.74, 6) is 0.798. The molecular weight excluding hydrogens is 348 g/mol. The number of thiophene rings is 1. The average molecular weight is 375 g/mol. The number of benzene rings is 1. The normalized spacial score (nSPS) is 16.8. The van der Waals surface area contributed by atoms with Crippen molar-refractivity contribution in [1.29, 1.82) is 0 Å². The molecule has 1 amide bonds. The van der Waals surface area contributed by atoms with Crippen molar-refractivity contribution >= 4 is 22.9 Å². The van der Waals surface area contributed by atoms with Gasteiger partial charge in [-0.3, -0.25) is 9.69 Å². The zero-order valence-electron chi connectivity index (χ0n) is 15.1. The zero-order chi connectivity index (χ0) is 18.2. The monoisotopic (exact) mass is 374 g/mol. The topological polar surface area (TPSA) is 50.8 Å². The Morgan fingerprint density at radius 1 is 1.35 bits per heavy atom. The minimum atomic E-state index is -0.0105. The number of carbonyl (C=O) groups excluding carboxylic acids is 1. The smallest absolute Gasteiger partial charge is 0.238 e. The summed E-state index contributed by atoms with van der Waals surface area (Å²) in [6.07, 6.45) is 2.41. The molecule has 0 saturated carbocycles. The van der Waals surface area contributed by atoms with E-state index in [4.69, 9.17) is 9.47 Å². The minimum Gasteiger partial charge on any atom is -0.494 e. The molecule has 0 unspecified atom stereocenters. The van der Waals surface area contributed by atoms with Crippen LogP contribution < -0.4 is 10.1 Å². The summed E-state index contributed by atoms with van der Waals surface area (Å²) >= 11 is 1.72. The number of anilines is 1. The number of nitrogens with one attached hydrogen (secondary N) is 1. The largest absolute Gasteiger partial charge is 0.494 e. The number of carbonyl (C=O) groups is 1. The van der Waals surface area contributed by atoms with Gasteiger partial charge in [0.2, 0.25) is 5.91 Å². The van der Waals surface area contributed by atoms with E-state index in [-0.39, 0.29) is 12.0 Å². The van der Waals surface area contributed by atoms with E-state index in [2.05, 4.69) is 21.7 Å². The van der Waals surface area contributed by atoms with E-state index >= 15 is 0 Å². The van der Waals surface area contributed by atoms with Gasteiger partial charge in [0.05, 0.1) is 19.3 Å². The molecule has 6 heteroatoms. The summed E-state index contributed by atoms with van der Waals surface area (Å²) in [7, 11) is 0. The SMILES string of the molecule is CCOc1ccc(NC(=O)CN(Cc2cccs2)C[C@@H]2CCCO2)cc1. The predicted molar refractivity (Wildman–Crippen MR) is 105 cm³/mol. The van der Waals surface area contributed by atoms with Crippen molar-refractivity contribution in [3.8, 4) is 5.75 Å². The summed E-state index contributed by atoms with van der Waals surface area (Å²) in [5.41, 5.74) is 0.784. The van der Waals surface area contributed by atoms with E-state index in [9.17, 15) is 4.79 Å². The van der Waals surface area contributed by atoms with Crippen molar-refractivity contribution in [3.63, 3.8) is 0 Å². The van der Waals surface area contributed by atoms with Gasteiger partial charge < -0.3 is 14.8 Å². The average Bonchev–Trinajstić information content (AvgIpc) is 3.31. The van der Waals surface area contributed by atoms with Crippen molar-refractivity contribution in [2.45, 2.75) is 32.4 Å². The summed E-state index contributed by atoms with van der Waals surface area (Å²) in [6.45, 7) is 5.32. The second-order valence-corrected chi connectivity index (χ2v) is 7.42. The number of rotatable bonds is 9. The fraction of sp³-hybridized carbons (Fsp3) is 0.450. The summed E-state index contributed by atoms with van der Waals surface area (Å²) in [6, 6.07) is 11.6. The number of amides is 1. The van der Waals surface area contributed by atoms with Gasteiger partial charge in [0, 0.05) is 30.3 Å². The molecule has 1 aromatic carbocycles. The molecule has 2 heterocycles. The Balaban J connectivity index is 1.56. The molecule has 26 heavy (non-hydrogen) atoms. The zero-order valence-corrected chi connectivity index (χ0v) is 16.0. The summed E-state index contributed by atoms with van der Waals surface area (Å²) in [5, 5.41) is 5.04. The van der Waals surface area contributed by atoms with Crippen molar-refractivity contribution in [2.24, 2.45) is 0 Å². The van der Waals surface area contributed by atoms with Gasteiger partial charge in [-0.25, -0.2) is 0 Å². The molecule has 1 N–H and O–H groups in total. The van der Waals surface area contributed by atoms with E-state index in [0.29, 0.717) is 13.2 Å². The maximum atomic E-state index is 12.5. The Kier molecular flexibility index (Phi) is 7.05. The van der Waals surface area contributed by atoms with Crippen LogP contribution in [0, 0.1) is 0 Å². The van der Waals surface area contributed by atoms with Gasteiger partial charge in [-0.2, -0.15) is 0 Å². The molecular formula is C20H26N2O3S. The van der Waals surface area contributed by atoms with Crippen LogP contribution in [0.5, 0.6) is 5.75 Å². The van der Waals surface area contributed by atoms with Crippen LogP contribution in [-0.4, -0.2) is 43.2 Å². The van der Waals surface area contributed by atoms with Crippen molar-refractivity contribution in [1.82, 2.24) is 4.90 Å². The Bertz CT molecular complexity index is 667. The van der Waals surface area contributed by atoms with Gasteiger partial charge in [0.25, 0.3) is 0 Å². The highest BCUT2D eigenvalue weighted by Gasteiger charge is 2.21. The third-order valence-electron chi connectivity index (χ3n) is 4.26. The van der Waals surface area contributed by atoms with E-state index in [1.54, 1.807) is 11.3 Å². The molecule has 1 atom stereocenters. The molecule has 5 nitrogen and oxygen atoms in total. The highest BCUT2D eigenvalue weighted by atomic mass is 32.1. The Hall–Kier alpha value is -1.89. The number of ether oxygens (including phenoxy) is 2. The second kappa shape index (κ2) is 9.71. The predicted octanol–water partition coefficient (Wildman–Crippen LogP) is 3.77. The van der Waals surface area contributed by atoms with Crippen LogP contribution in [0.3, 0.4) is 0 Å². The molecule has 3 rings (SSSR count). The second-order valence-electron chi connectivity index (χ2n) is 6.39. The van der Waals surface area contributed by atoms with Crippen LogP contribution in [0.4, 0.5) is 5.69 Å². The van der Waals surface area contributed by atoms with Gasteiger partial charge >= 0.3 is 0 Å². The van der Waals surface area contributed by atoms with Gasteiger partial charge in [0.15, 0.2) is 0 Å². The number of hydrogen-bond acceptors (Lipinski definition) is 5. The molecule has 0 bridgehead atoms. The third kappa shape index (κ3) is 5.83. The molecule has 1 aromatic heterocycles. The molecule has 0 spiro atoms. The Labute approximate surface area is 158 Å². The first kappa shape index (κ1) is 18.9. The quantitative estimate of drug-likeness (QED) is 0.726. The van der Waals surface area contributed by atoms with E-state index < -0.39 is 0 Å². The van der Waals surface area contributed by atoms with E-state index in [0.717, 1.165) is 44.0 Å². The molecule has 1 saturated heterocycles. The lowest BCUT2D eigenvalue weighted by Gasteiger charge is -2.24. The standard InChI is InChI=1S/C20H26N2O3S/c1-2-24-17-9-7-16(8-10-17)21-20(23)15-22(13-18-5-3-11-25-18)14-19-6-4-12-26-19/h4,6-10,12,18H,2-3,5,11,13-15H2,1H3,(H,21,23)/t18-/m0/s1. The summed E-state index contributed by atoms with van der Waals surface area (Å²) < 4.78 is 11.2. The molecule has 1 aliphatic rings. The van der Waals surface area contributed by atoms with Gasteiger partial charge in [-0.1, -0.05) is 6.07 Å². The highest BCUT2D eigenvalue weighted by molar-refractivity contribution is 7.09. The Morgan fingerprint density at radius 2 is 2.19 bits per heavy atom. The first-order valence-corrected chi connectivity index (χ1v) is 10.00. The Morgan fingerprint density at radius 3 is 2.85 bits per heavy atom. The van der Waals surface area contributed by atoms with Crippen LogP contribution in [0.25, 0.3) is 0 Å². The van der Waals surface area contributed by atoms with Crippen LogP contribution >= 0.6 is 11.3 Å². The maximum Gasteiger partial charge on any atom is 0.238 e. The van der Waals surface area contributed by atoms with Gasteiger partial charge in [-0.15, -0.1) is 11.3 Å². The van der Waals surface area contributed by atoms with E-state index in [1.807, 2.05) is 37.3 Å². The van der Waals surface area contributed by atoms with Crippen LogP contribution in [0.15, 0.2) is 41.8 Å². The molecule has 1 fully saturated rings. The third-order valence-corrected chi connectivity index (χ3v) is 5.12. The van der Waals surface area contributed by atoms with Gasteiger partial charge in [0.1, 0.15) is 5.75 Å². The van der Waals surface area contributed by atoms with E-state index in [1.165, 1.54) is 4.88 Å². The first-order chi connectivity index (χ1) is 12.7. The molecule has 1 aliphatic heterocycles. The lowest BCUT2D eigenvalue weighted by molar-refractivity contribution is -0.117. The molecule has 0 radical (unpaired) electrons. The lowest BCUT2D eigenvalue weighted by Crippen LogP contribution is -2.37. The maximum absolute atomic E-state index is 12.5. The fourth-order valence-corrected chi connectivity index (χ4v) is 3.84. The fourth-order valence-electron chi connectivity index (χ4n) is 3.09. The van der Waals surface area contributed by atoms with Crippen molar-refractivity contribution in [2.75, 3.05) is 31.6 Å². The number of hydrogen-bond donors (Lipinski definition) is 1. The van der Waals surface area contributed by atoms with Gasteiger partial charge in [-0.05, 0) is 55.5 Å². The van der Waals surface area contributed by atoms with Crippen LogP contribution in [0.1, 0.15) is 24.6 Å². The number of nitrogens with zero attached hydrogens (tertiary/aromatic N) is 1. The van der Waals surface area contributed by atoms with Crippen molar-refractivity contribution in [3.05, 3.63) is 46.7 Å². The molecule has 0 aliphatic carbocycles. The van der Waals surface area contributed by atoms with Crippen LogP contribution in [-0.2, 0) is 16.1 Å².